The molecule has 0 aliphatic rings. The Hall–Kier alpha value is -2.89. The third kappa shape index (κ3) is 3.82. The smallest absolute Gasteiger partial charge is 0.272 e. The molecule has 2 rings (SSSR count). The summed E-state index contributed by atoms with van der Waals surface area (Å²) in [5.74, 6) is 0.967. The Balaban J connectivity index is 2.06. The van der Waals surface area contributed by atoms with E-state index in [1.807, 2.05) is 6.92 Å². The molecule has 0 saturated carbocycles. The molecule has 0 fully saturated rings. The van der Waals surface area contributed by atoms with Crippen LogP contribution in [-0.2, 0) is 0 Å². The van der Waals surface area contributed by atoms with E-state index in [4.69, 9.17) is 9.47 Å². The van der Waals surface area contributed by atoms with Crippen LogP contribution in [0, 0.1) is 6.92 Å². The molecule has 1 N–H and O–H groups in total. The van der Waals surface area contributed by atoms with E-state index in [0.717, 1.165) is 11.3 Å². The maximum absolute atomic E-state index is 11.9. The molecule has 1 amide bonds. The lowest BCUT2D eigenvalue weighted by atomic mass is 10.2. The summed E-state index contributed by atoms with van der Waals surface area (Å²) in [4.78, 5) is 16.0. The van der Waals surface area contributed by atoms with Crippen LogP contribution in [0.25, 0.3) is 0 Å². The zero-order chi connectivity index (χ0) is 15.9. The third-order valence-corrected chi connectivity index (χ3v) is 2.98. The van der Waals surface area contributed by atoms with Gasteiger partial charge in [-0.15, -0.1) is 0 Å². The summed E-state index contributed by atoms with van der Waals surface area (Å²) in [6.45, 7) is 1.86. The van der Waals surface area contributed by atoms with Crippen LogP contribution in [0.1, 0.15) is 21.6 Å². The average molecular weight is 299 g/mol. The molecule has 6 nitrogen and oxygen atoms in total. The molecule has 0 atom stereocenters. The van der Waals surface area contributed by atoms with Crippen molar-refractivity contribution in [1.29, 1.82) is 0 Å². The molecular formula is C16H17N3O3. The highest BCUT2D eigenvalue weighted by molar-refractivity contribution is 5.94. The van der Waals surface area contributed by atoms with E-state index < -0.39 is 0 Å². The largest absolute Gasteiger partial charge is 0.497 e. The molecule has 0 bridgehead atoms. The van der Waals surface area contributed by atoms with Crippen LogP contribution in [0.2, 0.25) is 0 Å². The Morgan fingerprint density at radius 1 is 1.23 bits per heavy atom. The molecule has 6 heteroatoms. The van der Waals surface area contributed by atoms with Gasteiger partial charge in [0.25, 0.3) is 5.91 Å². The van der Waals surface area contributed by atoms with Crippen LogP contribution in [0.4, 0.5) is 0 Å². The zero-order valence-electron chi connectivity index (χ0n) is 12.7. The highest BCUT2D eigenvalue weighted by Crippen LogP contribution is 2.22. The number of rotatable bonds is 5. The van der Waals surface area contributed by atoms with E-state index in [1.165, 1.54) is 12.4 Å². The Morgan fingerprint density at radius 2 is 2.05 bits per heavy atom. The van der Waals surface area contributed by atoms with Gasteiger partial charge in [-0.25, -0.2) is 5.43 Å². The fourth-order valence-corrected chi connectivity index (χ4v) is 1.75. The van der Waals surface area contributed by atoms with Gasteiger partial charge in [-0.1, -0.05) is 0 Å². The van der Waals surface area contributed by atoms with Crippen molar-refractivity contribution in [3.8, 4) is 11.5 Å². The van der Waals surface area contributed by atoms with Gasteiger partial charge in [0.15, 0.2) is 0 Å². The minimum atomic E-state index is -0.323. The van der Waals surface area contributed by atoms with Crippen molar-refractivity contribution in [2.24, 2.45) is 5.10 Å². The Bertz CT molecular complexity index is 682. The van der Waals surface area contributed by atoms with Crippen LogP contribution >= 0.6 is 0 Å². The molecule has 0 aliphatic heterocycles. The predicted molar refractivity (Wildman–Crippen MR) is 83.6 cm³/mol. The van der Waals surface area contributed by atoms with Crippen molar-refractivity contribution in [2.45, 2.75) is 6.92 Å². The van der Waals surface area contributed by atoms with E-state index >= 15 is 0 Å². The fourth-order valence-electron chi connectivity index (χ4n) is 1.75. The number of pyridine rings is 1. The summed E-state index contributed by atoms with van der Waals surface area (Å²) in [6, 6.07) is 8.79. The summed E-state index contributed by atoms with van der Waals surface area (Å²) in [5, 5.41) is 3.93. The first-order valence-corrected chi connectivity index (χ1v) is 6.62. The van der Waals surface area contributed by atoms with Crippen molar-refractivity contribution in [3.05, 3.63) is 53.3 Å². The second-order valence-electron chi connectivity index (χ2n) is 4.50. The average Bonchev–Trinajstić information content (AvgIpc) is 2.55. The molecule has 1 aromatic carbocycles. The highest BCUT2D eigenvalue weighted by Gasteiger charge is 2.05. The molecule has 1 heterocycles. The zero-order valence-corrected chi connectivity index (χ0v) is 12.7. The van der Waals surface area contributed by atoms with Crippen molar-refractivity contribution < 1.29 is 14.3 Å². The molecule has 22 heavy (non-hydrogen) atoms. The Morgan fingerprint density at radius 3 is 2.68 bits per heavy atom. The number of nitrogens with zero attached hydrogens (tertiary/aromatic N) is 2. The lowest BCUT2D eigenvalue weighted by molar-refractivity contribution is 0.0954. The number of benzene rings is 1. The van der Waals surface area contributed by atoms with Gasteiger partial charge < -0.3 is 9.47 Å². The SMILES string of the molecule is COc1ccc(/C=N/NC(=O)c2ccc(C)nc2)c(OC)c1. The van der Waals surface area contributed by atoms with Crippen molar-refractivity contribution in [3.63, 3.8) is 0 Å². The van der Waals surface area contributed by atoms with Gasteiger partial charge in [0.05, 0.1) is 26.0 Å². The van der Waals surface area contributed by atoms with Gasteiger partial charge in [-0.05, 0) is 31.2 Å². The molecule has 2 aromatic rings. The molecule has 114 valence electrons. The summed E-state index contributed by atoms with van der Waals surface area (Å²) < 4.78 is 10.4. The number of hydrazone groups is 1. The predicted octanol–water partition coefficient (Wildman–Crippen LogP) is 2.17. The lowest BCUT2D eigenvalue weighted by Crippen LogP contribution is -2.17. The van der Waals surface area contributed by atoms with Crippen LogP contribution in [0.3, 0.4) is 0 Å². The minimum absolute atomic E-state index is 0.323. The van der Waals surface area contributed by atoms with Crippen LogP contribution < -0.4 is 14.9 Å². The number of nitrogens with one attached hydrogen (secondary N) is 1. The van der Waals surface area contributed by atoms with Crippen LogP contribution in [-0.4, -0.2) is 31.3 Å². The normalized spacial score (nSPS) is 10.5. The number of ether oxygens (including phenoxy) is 2. The number of hydrogen-bond donors (Lipinski definition) is 1. The molecule has 1 aromatic heterocycles. The first kappa shape index (κ1) is 15.5. The van der Waals surface area contributed by atoms with E-state index in [2.05, 4.69) is 15.5 Å². The number of aromatic nitrogens is 1. The van der Waals surface area contributed by atoms with Crippen LogP contribution in [0.15, 0.2) is 41.6 Å². The second kappa shape index (κ2) is 7.21. The standard InChI is InChI=1S/C16H17N3O3/c1-11-4-5-13(9-17-11)16(20)19-18-10-12-6-7-14(21-2)8-15(12)22-3/h4-10H,1-3H3,(H,19,20)/b18-10+. The monoisotopic (exact) mass is 299 g/mol. The first-order chi connectivity index (χ1) is 10.6. The number of aryl methyl sites for hydroxylation is 1. The summed E-state index contributed by atoms with van der Waals surface area (Å²) in [6.07, 6.45) is 3.02. The molecule has 0 spiro atoms. The highest BCUT2D eigenvalue weighted by atomic mass is 16.5. The van der Waals surface area contributed by atoms with Crippen molar-refractivity contribution in [1.82, 2.24) is 10.4 Å². The molecule has 0 radical (unpaired) electrons. The van der Waals surface area contributed by atoms with Crippen molar-refractivity contribution >= 4 is 12.1 Å². The Kier molecular flexibility index (Phi) is 5.08. The minimum Gasteiger partial charge on any atom is -0.497 e. The third-order valence-electron chi connectivity index (χ3n) is 2.98. The maximum atomic E-state index is 11.9. The molecule has 0 unspecified atom stereocenters. The summed E-state index contributed by atoms with van der Waals surface area (Å²) in [5.41, 5.74) is 4.48. The number of carbonyl (C=O) groups excluding carboxylic acids is 1. The van der Waals surface area contributed by atoms with Gasteiger partial charge in [0.2, 0.25) is 0 Å². The topological polar surface area (TPSA) is 72.8 Å². The maximum Gasteiger partial charge on any atom is 0.272 e. The summed E-state index contributed by atoms with van der Waals surface area (Å²) >= 11 is 0. The molecule has 0 aliphatic carbocycles. The van der Waals surface area contributed by atoms with Crippen LogP contribution in [0.5, 0.6) is 11.5 Å². The number of methoxy groups -OCH3 is 2. The Labute approximate surface area is 128 Å². The van der Waals surface area contributed by atoms with E-state index in [1.54, 1.807) is 44.6 Å². The molecular weight excluding hydrogens is 282 g/mol. The van der Waals surface area contributed by atoms with Crippen molar-refractivity contribution in [2.75, 3.05) is 14.2 Å². The van der Waals surface area contributed by atoms with Gasteiger partial charge in [0.1, 0.15) is 11.5 Å². The quantitative estimate of drug-likeness (QED) is 0.678. The number of carbonyl (C=O) groups is 1. The van der Waals surface area contributed by atoms with E-state index in [0.29, 0.717) is 17.1 Å². The number of amides is 1. The van der Waals surface area contributed by atoms with E-state index in [-0.39, 0.29) is 5.91 Å². The fraction of sp³-hybridized carbons (Fsp3) is 0.188. The van der Waals surface area contributed by atoms with Gasteiger partial charge in [-0.3, -0.25) is 9.78 Å². The summed E-state index contributed by atoms with van der Waals surface area (Å²) in [7, 11) is 3.14. The number of hydrogen-bond acceptors (Lipinski definition) is 5. The van der Waals surface area contributed by atoms with Gasteiger partial charge in [-0.2, -0.15) is 5.10 Å². The van der Waals surface area contributed by atoms with Gasteiger partial charge in [0, 0.05) is 23.5 Å². The first-order valence-electron chi connectivity index (χ1n) is 6.62. The second-order valence-corrected chi connectivity index (χ2v) is 4.50. The molecule has 0 saturated heterocycles. The van der Waals surface area contributed by atoms with E-state index in [9.17, 15) is 4.79 Å². The van der Waals surface area contributed by atoms with Gasteiger partial charge >= 0.3 is 0 Å². The lowest BCUT2D eigenvalue weighted by Gasteiger charge is -2.06.